The summed E-state index contributed by atoms with van der Waals surface area (Å²) in [5.41, 5.74) is 1.21. The third-order valence-corrected chi connectivity index (χ3v) is 4.29. The molecule has 0 amide bonds. The number of methoxy groups -OCH3 is 1. The Balaban J connectivity index is 2.18. The van der Waals surface area contributed by atoms with Gasteiger partial charge in [0.25, 0.3) is 0 Å². The molecule has 142 valence electrons. The predicted molar refractivity (Wildman–Crippen MR) is 99.0 cm³/mol. The van der Waals surface area contributed by atoms with Crippen LogP contribution < -0.4 is 0 Å². The van der Waals surface area contributed by atoms with E-state index in [0.717, 1.165) is 25.7 Å². The number of Topliss-reactive ketones (excluding diaryl/α,β-unsaturated/α-hetero) is 2. The largest absolute Gasteiger partial charge is 0.505 e. The van der Waals surface area contributed by atoms with Gasteiger partial charge in [0.2, 0.25) is 5.78 Å². The van der Waals surface area contributed by atoms with E-state index in [1.54, 1.807) is 18.2 Å². The van der Waals surface area contributed by atoms with Crippen molar-refractivity contribution in [1.29, 1.82) is 0 Å². The lowest BCUT2D eigenvalue weighted by atomic mass is 9.96. The first kappa shape index (κ1) is 19.2. The number of halogens is 1. The molecule has 2 aromatic carbocycles. The summed E-state index contributed by atoms with van der Waals surface area (Å²) in [5, 5.41) is 10.6. The second-order valence-corrected chi connectivity index (χ2v) is 6.24. The monoisotopic (exact) mass is 381 g/mol. The van der Waals surface area contributed by atoms with Gasteiger partial charge in [-0.2, -0.15) is 0 Å². The van der Waals surface area contributed by atoms with Gasteiger partial charge in [-0.25, -0.2) is 9.18 Å². The summed E-state index contributed by atoms with van der Waals surface area (Å²) in [6.45, 7) is 1.12. The third-order valence-electron chi connectivity index (χ3n) is 4.29. The molecule has 0 radical (unpaired) electrons. The number of carbonyl (C=O) groups excluding carboxylic acids is 3. The molecule has 1 N–H and O–H groups in total. The van der Waals surface area contributed by atoms with E-state index in [4.69, 9.17) is 0 Å². The molecule has 0 spiro atoms. The van der Waals surface area contributed by atoms with E-state index in [2.05, 4.69) is 9.72 Å². The quantitative estimate of drug-likeness (QED) is 0.414. The number of pyridine rings is 1. The van der Waals surface area contributed by atoms with Crippen molar-refractivity contribution in [1.82, 2.24) is 4.98 Å². The van der Waals surface area contributed by atoms with Crippen LogP contribution in [0.25, 0.3) is 10.9 Å². The number of ether oxygens (including phenoxy) is 1. The number of hydrogen-bond acceptors (Lipinski definition) is 6. The van der Waals surface area contributed by atoms with E-state index >= 15 is 0 Å². The van der Waals surface area contributed by atoms with Crippen LogP contribution in [0.1, 0.15) is 38.8 Å². The maximum absolute atomic E-state index is 13.1. The lowest BCUT2D eigenvalue weighted by Crippen LogP contribution is -2.13. The molecule has 6 nitrogen and oxygen atoms in total. The number of hydrogen-bond donors (Lipinski definition) is 1. The number of phenols is 1. The molecule has 7 heteroatoms. The van der Waals surface area contributed by atoms with Crippen molar-refractivity contribution in [2.24, 2.45) is 0 Å². The van der Waals surface area contributed by atoms with Gasteiger partial charge in [0.1, 0.15) is 16.9 Å². The summed E-state index contributed by atoms with van der Waals surface area (Å²) in [4.78, 5) is 40.1. The lowest BCUT2D eigenvalue weighted by Gasteiger charge is -2.11. The van der Waals surface area contributed by atoms with Crippen LogP contribution in [0.15, 0.2) is 42.6 Å². The fraction of sp³-hybridized carbons (Fsp3) is 0.143. The number of aromatic hydroxyl groups is 1. The van der Waals surface area contributed by atoms with E-state index in [1.165, 1.54) is 18.3 Å². The number of rotatable bonds is 5. The highest BCUT2D eigenvalue weighted by Crippen LogP contribution is 2.32. The van der Waals surface area contributed by atoms with E-state index in [-0.39, 0.29) is 27.8 Å². The molecule has 0 saturated carbocycles. The lowest BCUT2D eigenvalue weighted by molar-refractivity contribution is -0.113. The number of fused-ring (bicyclic) bond motifs is 1. The highest BCUT2D eigenvalue weighted by molar-refractivity contribution is 6.45. The first-order chi connectivity index (χ1) is 13.3. The van der Waals surface area contributed by atoms with E-state index in [1.807, 2.05) is 0 Å². The Labute approximate surface area is 159 Å². The van der Waals surface area contributed by atoms with Gasteiger partial charge in [0, 0.05) is 24.1 Å². The first-order valence-corrected chi connectivity index (χ1v) is 8.34. The minimum absolute atomic E-state index is 0.00959. The van der Waals surface area contributed by atoms with Gasteiger partial charge in [0.05, 0.1) is 7.11 Å². The zero-order valence-electron chi connectivity index (χ0n) is 15.2. The summed E-state index contributed by atoms with van der Waals surface area (Å²) >= 11 is 0. The first-order valence-electron chi connectivity index (χ1n) is 8.34. The van der Waals surface area contributed by atoms with Crippen LogP contribution in [0.3, 0.4) is 0 Å². The summed E-state index contributed by atoms with van der Waals surface area (Å²) < 4.78 is 17.7. The molecule has 0 unspecified atom stereocenters. The number of carbonyl (C=O) groups is 3. The zero-order chi connectivity index (χ0) is 20.4. The molecular formula is C21H16FNO5. The van der Waals surface area contributed by atoms with Crippen LogP contribution in [0.2, 0.25) is 0 Å². The van der Waals surface area contributed by atoms with Crippen molar-refractivity contribution in [2.45, 2.75) is 13.3 Å². The van der Waals surface area contributed by atoms with Crippen molar-refractivity contribution >= 4 is 28.4 Å². The number of phenolic OH excluding ortho intramolecular Hbond substituents is 1. The number of benzene rings is 2. The molecule has 0 bridgehead atoms. The fourth-order valence-electron chi connectivity index (χ4n) is 2.90. The fourth-order valence-corrected chi connectivity index (χ4v) is 2.90. The topological polar surface area (TPSA) is 93.6 Å². The smallest absolute Gasteiger partial charge is 0.341 e. The standard InChI is InChI=1S/C21H16FNO5/c1-11(24)19(25)16-9-17(21(27)28-2)20(26)18-15(16)8-13(10-23-18)7-12-3-5-14(22)6-4-12/h3-6,8-10,26H,7H2,1-2H3. The van der Waals surface area contributed by atoms with Gasteiger partial charge >= 0.3 is 5.97 Å². The zero-order valence-corrected chi connectivity index (χ0v) is 15.2. The number of aromatic nitrogens is 1. The minimum Gasteiger partial charge on any atom is -0.505 e. The summed E-state index contributed by atoms with van der Waals surface area (Å²) in [5.74, 6) is -3.16. The Bertz CT molecular complexity index is 1110. The highest BCUT2D eigenvalue weighted by atomic mass is 19.1. The Morgan fingerprint density at radius 2 is 1.75 bits per heavy atom. The van der Waals surface area contributed by atoms with Crippen LogP contribution in [-0.2, 0) is 16.0 Å². The van der Waals surface area contributed by atoms with Crippen LogP contribution in [0.4, 0.5) is 4.39 Å². The molecule has 0 fully saturated rings. The SMILES string of the molecule is COC(=O)c1cc(C(=O)C(C)=O)c2cc(Cc3ccc(F)cc3)cnc2c1O. The maximum Gasteiger partial charge on any atom is 0.341 e. The van der Waals surface area contributed by atoms with Crippen molar-refractivity contribution < 1.29 is 28.6 Å². The van der Waals surface area contributed by atoms with Crippen molar-refractivity contribution in [3.63, 3.8) is 0 Å². The normalized spacial score (nSPS) is 10.7. The van der Waals surface area contributed by atoms with Crippen molar-refractivity contribution in [3.8, 4) is 5.75 Å². The molecule has 0 aliphatic carbocycles. The third kappa shape index (κ3) is 3.59. The van der Waals surface area contributed by atoms with E-state index in [0.29, 0.717) is 12.0 Å². The molecule has 3 rings (SSSR count). The van der Waals surface area contributed by atoms with Gasteiger partial charge in [-0.1, -0.05) is 12.1 Å². The Hall–Kier alpha value is -3.61. The van der Waals surface area contributed by atoms with E-state index in [9.17, 15) is 23.9 Å². The molecular weight excluding hydrogens is 365 g/mol. The summed E-state index contributed by atoms with van der Waals surface area (Å²) in [7, 11) is 1.14. The van der Waals surface area contributed by atoms with Crippen LogP contribution >= 0.6 is 0 Å². The van der Waals surface area contributed by atoms with Crippen LogP contribution in [-0.4, -0.2) is 34.7 Å². The predicted octanol–water partition coefficient (Wildman–Crippen LogP) is 3.23. The highest BCUT2D eigenvalue weighted by Gasteiger charge is 2.23. The number of nitrogens with zero attached hydrogens (tertiary/aromatic N) is 1. The second-order valence-electron chi connectivity index (χ2n) is 6.24. The van der Waals surface area contributed by atoms with Gasteiger partial charge in [-0.05, 0) is 41.8 Å². The van der Waals surface area contributed by atoms with Gasteiger partial charge in [0.15, 0.2) is 11.5 Å². The van der Waals surface area contributed by atoms with Gasteiger partial charge in [-0.15, -0.1) is 0 Å². The summed E-state index contributed by atoms with van der Waals surface area (Å²) in [6, 6.07) is 8.67. The molecule has 28 heavy (non-hydrogen) atoms. The summed E-state index contributed by atoms with van der Waals surface area (Å²) in [6.07, 6.45) is 1.88. The molecule has 3 aromatic rings. The van der Waals surface area contributed by atoms with E-state index < -0.39 is 23.3 Å². The van der Waals surface area contributed by atoms with Crippen LogP contribution in [0.5, 0.6) is 5.75 Å². The Morgan fingerprint density at radius 1 is 1.07 bits per heavy atom. The Morgan fingerprint density at radius 3 is 2.36 bits per heavy atom. The average Bonchev–Trinajstić information content (AvgIpc) is 2.69. The molecule has 0 atom stereocenters. The number of esters is 1. The van der Waals surface area contributed by atoms with Crippen molar-refractivity contribution in [3.05, 3.63) is 70.7 Å². The van der Waals surface area contributed by atoms with Crippen LogP contribution in [0, 0.1) is 5.82 Å². The Kier molecular flexibility index (Phi) is 5.17. The maximum atomic E-state index is 13.1. The minimum atomic E-state index is -0.853. The molecule has 0 aliphatic rings. The van der Waals surface area contributed by atoms with Gasteiger partial charge in [-0.3, -0.25) is 14.6 Å². The molecule has 0 aliphatic heterocycles. The molecule has 0 saturated heterocycles. The molecule has 1 heterocycles. The molecule has 1 aromatic heterocycles. The number of ketones is 2. The van der Waals surface area contributed by atoms with Gasteiger partial charge < -0.3 is 9.84 Å². The van der Waals surface area contributed by atoms with Crippen molar-refractivity contribution in [2.75, 3.05) is 7.11 Å². The second kappa shape index (κ2) is 7.56. The average molecular weight is 381 g/mol.